The van der Waals surface area contributed by atoms with E-state index in [1.807, 2.05) is 0 Å². The fourth-order valence-corrected chi connectivity index (χ4v) is 2.81. The molecule has 0 N–H and O–H groups in total. The Morgan fingerprint density at radius 1 is 1.20 bits per heavy atom. The van der Waals surface area contributed by atoms with Crippen LogP contribution >= 0.6 is 0 Å². The lowest BCUT2D eigenvalue weighted by Crippen LogP contribution is -2.12. The minimum absolute atomic E-state index is 0.394. The second-order valence-corrected chi connectivity index (χ2v) is 5.92. The third-order valence-corrected chi connectivity index (χ3v) is 3.78. The molecule has 0 nitrogen and oxygen atoms in total. The molecule has 0 bridgehead atoms. The molecule has 0 fully saturated rings. The van der Waals surface area contributed by atoms with Gasteiger partial charge >= 0.3 is 0 Å². The van der Waals surface area contributed by atoms with E-state index in [4.69, 9.17) is 0 Å². The van der Waals surface area contributed by atoms with Crippen LogP contribution in [0.3, 0.4) is 0 Å². The van der Waals surface area contributed by atoms with Crippen LogP contribution in [-0.4, -0.2) is 0 Å². The maximum atomic E-state index is 2.40. The van der Waals surface area contributed by atoms with Crippen molar-refractivity contribution < 1.29 is 0 Å². The Labute approximate surface area is 93.7 Å². The van der Waals surface area contributed by atoms with Crippen molar-refractivity contribution >= 4 is 0 Å². The zero-order valence-electron chi connectivity index (χ0n) is 10.6. The number of aryl methyl sites for hydroxylation is 1. The van der Waals surface area contributed by atoms with Gasteiger partial charge in [0.25, 0.3) is 0 Å². The first kappa shape index (κ1) is 10.7. The summed E-state index contributed by atoms with van der Waals surface area (Å²) >= 11 is 0. The Morgan fingerprint density at radius 2 is 1.87 bits per heavy atom. The van der Waals surface area contributed by atoms with E-state index in [1.54, 1.807) is 16.7 Å². The fourth-order valence-electron chi connectivity index (χ4n) is 2.81. The standard InChI is InChI=1S/C15H22/c1-10(2)13-8-11(3)9-14-12(13)6-7-15(14,4)5/h8-10H,6-7H2,1-5H3. The van der Waals surface area contributed by atoms with Gasteiger partial charge in [-0.05, 0) is 47.8 Å². The zero-order chi connectivity index (χ0) is 11.2. The molecule has 0 unspecified atom stereocenters. The topological polar surface area (TPSA) is 0 Å². The second kappa shape index (κ2) is 3.37. The van der Waals surface area contributed by atoms with Gasteiger partial charge in [0.1, 0.15) is 0 Å². The molecule has 0 atom stereocenters. The van der Waals surface area contributed by atoms with Crippen molar-refractivity contribution in [3.8, 4) is 0 Å². The second-order valence-electron chi connectivity index (χ2n) is 5.92. The third-order valence-electron chi connectivity index (χ3n) is 3.78. The van der Waals surface area contributed by atoms with Crippen molar-refractivity contribution in [2.24, 2.45) is 0 Å². The van der Waals surface area contributed by atoms with Gasteiger partial charge in [-0.2, -0.15) is 0 Å². The zero-order valence-corrected chi connectivity index (χ0v) is 10.6. The Kier molecular flexibility index (Phi) is 2.41. The van der Waals surface area contributed by atoms with Crippen LogP contribution < -0.4 is 0 Å². The minimum atomic E-state index is 0.394. The molecule has 1 aromatic rings. The number of hydrogen-bond acceptors (Lipinski definition) is 0. The van der Waals surface area contributed by atoms with E-state index in [-0.39, 0.29) is 0 Å². The predicted octanol–water partition coefficient (Wildman–Crippen LogP) is 4.34. The number of hydrogen-bond donors (Lipinski definition) is 0. The largest absolute Gasteiger partial charge is 0.0587 e. The van der Waals surface area contributed by atoms with Gasteiger partial charge < -0.3 is 0 Å². The average molecular weight is 202 g/mol. The van der Waals surface area contributed by atoms with Crippen LogP contribution in [0.5, 0.6) is 0 Å². The molecule has 0 radical (unpaired) electrons. The van der Waals surface area contributed by atoms with Gasteiger partial charge in [0.2, 0.25) is 0 Å². The summed E-state index contributed by atoms with van der Waals surface area (Å²) in [6.07, 6.45) is 2.58. The van der Waals surface area contributed by atoms with Crippen molar-refractivity contribution in [1.29, 1.82) is 0 Å². The van der Waals surface area contributed by atoms with Crippen molar-refractivity contribution in [3.05, 3.63) is 34.4 Å². The van der Waals surface area contributed by atoms with Crippen LogP contribution in [-0.2, 0) is 11.8 Å². The molecule has 0 aliphatic heterocycles. The Bertz CT molecular complexity index is 383. The first-order valence-electron chi connectivity index (χ1n) is 6.06. The van der Waals surface area contributed by atoms with E-state index in [9.17, 15) is 0 Å². The van der Waals surface area contributed by atoms with Gasteiger partial charge in [-0.15, -0.1) is 0 Å². The highest BCUT2D eigenvalue weighted by molar-refractivity contribution is 5.47. The molecule has 0 spiro atoms. The Morgan fingerprint density at radius 3 is 2.47 bits per heavy atom. The molecule has 0 heterocycles. The maximum absolute atomic E-state index is 2.40. The molecule has 0 saturated carbocycles. The Hall–Kier alpha value is -0.780. The summed E-state index contributed by atoms with van der Waals surface area (Å²) in [6.45, 7) is 11.6. The SMILES string of the molecule is Cc1cc(C(C)C)c2c(c1)C(C)(C)CC2. The van der Waals surface area contributed by atoms with Crippen LogP contribution in [0.4, 0.5) is 0 Å². The van der Waals surface area contributed by atoms with Crippen LogP contribution in [0, 0.1) is 6.92 Å². The molecule has 0 saturated heterocycles. The first-order chi connectivity index (χ1) is 6.92. The Balaban J connectivity index is 2.63. The lowest BCUT2D eigenvalue weighted by Gasteiger charge is -2.21. The molecule has 1 aliphatic carbocycles. The summed E-state index contributed by atoms with van der Waals surface area (Å²) in [5.74, 6) is 0.660. The van der Waals surface area contributed by atoms with E-state index >= 15 is 0 Å². The molecule has 82 valence electrons. The van der Waals surface area contributed by atoms with Crippen molar-refractivity contribution in [2.75, 3.05) is 0 Å². The summed E-state index contributed by atoms with van der Waals surface area (Å²) in [7, 11) is 0. The summed E-state index contributed by atoms with van der Waals surface area (Å²) in [4.78, 5) is 0. The van der Waals surface area contributed by atoms with Crippen LogP contribution in [0.1, 0.15) is 62.3 Å². The highest BCUT2D eigenvalue weighted by Gasteiger charge is 2.31. The molecular formula is C15H22. The van der Waals surface area contributed by atoms with Gasteiger partial charge in [0, 0.05) is 0 Å². The van der Waals surface area contributed by atoms with Crippen LogP contribution in [0.15, 0.2) is 12.1 Å². The molecule has 0 aromatic heterocycles. The summed E-state index contributed by atoms with van der Waals surface area (Å²) in [6, 6.07) is 4.78. The summed E-state index contributed by atoms with van der Waals surface area (Å²) in [5, 5.41) is 0. The lowest BCUT2D eigenvalue weighted by atomic mass is 9.84. The first-order valence-corrected chi connectivity index (χ1v) is 6.06. The van der Waals surface area contributed by atoms with E-state index in [2.05, 4.69) is 46.8 Å². The van der Waals surface area contributed by atoms with Gasteiger partial charge in [-0.1, -0.05) is 45.4 Å². The van der Waals surface area contributed by atoms with Crippen molar-refractivity contribution in [3.63, 3.8) is 0 Å². The maximum Gasteiger partial charge on any atom is -0.00975 e. The van der Waals surface area contributed by atoms with E-state index in [0.29, 0.717) is 11.3 Å². The number of rotatable bonds is 1. The number of fused-ring (bicyclic) bond motifs is 1. The van der Waals surface area contributed by atoms with Gasteiger partial charge in [-0.25, -0.2) is 0 Å². The summed E-state index contributed by atoms with van der Waals surface area (Å²) < 4.78 is 0. The van der Waals surface area contributed by atoms with Crippen LogP contribution in [0.2, 0.25) is 0 Å². The molecule has 0 heteroatoms. The molecular weight excluding hydrogens is 180 g/mol. The monoisotopic (exact) mass is 202 g/mol. The highest BCUT2D eigenvalue weighted by atomic mass is 14.4. The van der Waals surface area contributed by atoms with Gasteiger partial charge in [-0.3, -0.25) is 0 Å². The average Bonchev–Trinajstić information content (AvgIpc) is 2.41. The predicted molar refractivity (Wildman–Crippen MR) is 66.6 cm³/mol. The molecule has 15 heavy (non-hydrogen) atoms. The van der Waals surface area contributed by atoms with Crippen molar-refractivity contribution in [2.45, 2.75) is 58.8 Å². The van der Waals surface area contributed by atoms with E-state index in [1.165, 1.54) is 18.4 Å². The highest BCUT2D eigenvalue weighted by Crippen LogP contribution is 2.42. The van der Waals surface area contributed by atoms with Gasteiger partial charge in [0.05, 0.1) is 0 Å². The van der Waals surface area contributed by atoms with Crippen LogP contribution in [0.25, 0.3) is 0 Å². The smallest absolute Gasteiger partial charge is 0.00975 e. The third kappa shape index (κ3) is 1.71. The fraction of sp³-hybridized carbons (Fsp3) is 0.600. The van der Waals surface area contributed by atoms with E-state index < -0.39 is 0 Å². The minimum Gasteiger partial charge on any atom is -0.0587 e. The quantitative estimate of drug-likeness (QED) is 0.635. The van der Waals surface area contributed by atoms with Gasteiger partial charge in [0.15, 0.2) is 0 Å². The molecule has 1 aliphatic rings. The summed E-state index contributed by atoms with van der Waals surface area (Å²) in [5.41, 5.74) is 6.64. The number of benzene rings is 1. The lowest BCUT2D eigenvalue weighted by molar-refractivity contribution is 0.522. The molecule has 0 amide bonds. The molecule has 2 rings (SSSR count). The van der Waals surface area contributed by atoms with E-state index in [0.717, 1.165) is 0 Å². The normalized spacial score (nSPS) is 18.3. The van der Waals surface area contributed by atoms with Crippen molar-refractivity contribution in [1.82, 2.24) is 0 Å². The molecule has 1 aromatic carbocycles.